The first kappa shape index (κ1) is 24.1. The highest BCUT2D eigenvalue weighted by Gasteiger charge is 2.30. The summed E-state index contributed by atoms with van der Waals surface area (Å²) < 4.78 is 5.42. The SMILES string of the molecule is CO[C@H]1CC[C@H](C(=O)Nc2cnc(C)c(-c3cccc(-c4cc(NC(=O)C5CC5)ncn4)c3)c2)CC1. The topological polar surface area (TPSA) is 106 Å². The Bertz CT molecular complexity index is 1270. The number of anilines is 2. The van der Waals surface area contributed by atoms with Gasteiger partial charge in [0.15, 0.2) is 0 Å². The second-order valence-electron chi connectivity index (χ2n) is 9.69. The third-order valence-corrected chi connectivity index (χ3v) is 7.07. The quantitative estimate of drug-likeness (QED) is 0.487. The van der Waals surface area contributed by atoms with Gasteiger partial charge in [-0.25, -0.2) is 9.97 Å². The normalized spacial score (nSPS) is 19.5. The van der Waals surface area contributed by atoms with E-state index < -0.39 is 0 Å². The summed E-state index contributed by atoms with van der Waals surface area (Å²) in [6.07, 6.45) is 8.80. The van der Waals surface area contributed by atoms with Gasteiger partial charge in [-0.05, 0) is 63.1 Å². The van der Waals surface area contributed by atoms with Crippen molar-refractivity contribution in [2.75, 3.05) is 17.7 Å². The summed E-state index contributed by atoms with van der Waals surface area (Å²) in [5.74, 6) is 0.661. The van der Waals surface area contributed by atoms with Crippen LogP contribution in [0.4, 0.5) is 11.5 Å². The zero-order chi connectivity index (χ0) is 25.1. The predicted molar refractivity (Wildman–Crippen MR) is 138 cm³/mol. The summed E-state index contributed by atoms with van der Waals surface area (Å²) in [7, 11) is 1.73. The van der Waals surface area contributed by atoms with Crippen molar-refractivity contribution in [1.82, 2.24) is 15.0 Å². The number of amides is 2. The van der Waals surface area contributed by atoms with Crippen molar-refractivity contribution in [3.05, 3.63) is 54.6 Å². The summed E-state index contributed by atoms with van der Waals surface area (Å²) in [5, 5.41) is 5.95. The molecule has 36 heavy (non-hydrogen) atoms. The van der Waals surface area contributed by atoms with Crippen LogP contribution in [-0.4, -0.2) is 40.0 Å². The molecule has 1 aromatic carbocycles. The van der Waals surface area contributed by atoms with Crippen LogP contribution < -0.4 is 10.6 Å². The molecule has 0 saturated heterocycles. The Morgan fingerprint density at radius 3 is 2.28 bits per heavy atom. The molecule has 8 heteroatoms. The largest absolute Gasteiger partial charge is 0.381 e. The zero-order valence-corrected chi connectivity index (χ0v) is 20.7. The number of carbonyl (C=O) groups excluding carboxylic acids is 2. The standard InChI is InChI=1S/C28H31N5O3/c1-17-24(13-22(15-29-17)32-27(34)19-8-10-23(36-2)11-9-19)20-4-3-5-21(12-20)25-14-26(31-16-30-25)33-28(35)18-6-7-18/h3-5,12-16,18-19,23H,6-11H2,1-2H3,(H,32,34)(H,30,31,33,35)/t19-,23-. The van der Waals surface area contributed by atoms with Crippen molar-refractivity contribution in [2.45, 2.75) is 51.6 Å². The van der Waals surface area contributed by atoms with E-state index in [1.165, 1.54) is 6.33 Å². The molecule has 2 amide bonds. The maximum atomic E-state index is 12.9. The molecule has 0 bridgehead atoms. The lowest BCUT2D eigenvalue weighted by Crippen LogP contribution is -2.29. The Morgan fingerprint density at radius 1 is 0.861 bits per heavy atom. The van der Waals surface area contributed by atoms with Crippen LogP contribution in [-0.2, 0) is 14.3 Å². The molecule has 0 unspecified atom stereocenters. The van der Waals surface area contributed by atoms with Crippen LogP contribution in [0.3, 0.4) is 0 Å². The molecule has 5 rings (SSSR count). The number of pyridine rings is 1. The lowest BCUT2D eigenvalue weighted by molar-refractivity contribution is -0.121. The highest BCUT2D eigenvalue weighted by molar-refractivity contribution is 5.94. The number of aryl methyl sites for hydroxylation is 1. The lowest BCUT2D eigenvalue weighted by atomic mass is 9.86. The maximum Gasteiger partial charge on any atom is 0.228 e. The van der Waals surface area contributed by atoms with Crippen LogP contribution >= 0.6 is 0 Å². The van der Waals surface area contributed by atoms with Gasteiger partial charge < -0.3 is 15.4 Å². The van der Waals surface area contributed by atoms with Gasteiger partial charge in [-0.2, -0.15) is 0 Å². The molecule has 2 aromatic heterocycles. The minimum atomic E-state index is -0.00292. The summed E-state index contributed by atoms with van der Waals surface area (Å²) >= 11 is 0. The lowest BCUT2D eigenvalue weighted by Gasteiger charge is -2.26. The van der Waals surface area contributed by atoms with E-state index in [-0.39, 0.29) is 29.8 Å². The molecule has 0 atom stereocenters. The summed E-state index contributed by atoms with van der Waals surface area (Å²) in [6.45, 7) is 1.95. The number of nitrogens with zero attached hydrogens (tertiary/aromatic N) is 3. The average Bonchev–Trinajstić information content (AvgIpc) is 3.76. The molecule has 2 saturated carbocycles. The zero-order valence-electron chi connectivity index (χ0n) is 20.7. The van der Waals surface area contributed by atoms with E-state index in [2.05, 4.69) is 25.6 Å². The van der Waals surface area contributed by atoms with Crippen molar-refractivity contribution in [3.63, 3.8) is 0 Å². The van der Waals surface area contributed by atoms with Crippen molar-refractivity contribution >= 4 is 23.3 Å². The molecule has 2 fully saturated rings. The average molecular weight is 486 g/mol. The minimum Gasteiger partial charge on any atom is -0.381 e. The van der Waals surface area contributed by atoms with Gasteiger partial charge >= 0.3 is 0 Å². The van der Waals surface area contributed by atoms with Crippen molar-refractivity contribution in [2.24, 2.45) is 11.8 Å². The molecular weight excluding hydrogens is 454 g/mol. The second kappa shape index (κ2) is 10.5. The van der Waals surface area contributed by atoms with Gasteiger partial charge in [0, 0.05) is 41.8 Å². The fourth-order valence-electron chi connectivity index (χ4n) is 4.70. The number of rotatable bonds is 7. The van der Waals surface area contributed by atoms with Gasteiger partial charge in [0.25, 0.3) is 0 Å². The van der Waals surface area contributed by atoms with Gasteiger partial charge in [0.05, 0.1) is 23.7 Å². The molecule has 8 nitrogen and oxygen atoms in total. The fourth-order valence-corrected chi connectivity index (χ4v) is 4.70. The minimum absolute atomic E-state index is 0.00292. The van der Waals surface area contributed by atoms with Crippen LogP contribution in [0.25, 0.3) is 22.4 Å². The molecule has 0 spiro atoms. The van der Waals surface area contributed by atoms with E-state index in [1.807, 2.05) is 37.3 Å². The number of carbonyl (C=O) groups is 2. The van der Waals surface area contributed by atoms with E-state index in [4.69, 9.17) is 4.74 Å². The van der Waals surface area contributed by atoms with E-state index in [0.29, 0.717) is 11.5 Å². The predicted octanol–water partition coefficient (Wildman–Crippen LogP) is 5.01. The third kappa shape index (κ3) is 5.60. The summed E-state index contributed by atoms with van der Waals surface area (Å²) in [6, 6.07) is 11.8. The number of ether oxygens (including phenoxy) is 1. The monoisotopic (exact) mass is 485 g/mol. The first-order valence-electron chi connectivity index (χ1n) is 12.5. The number of hydrogen-bond acceptors (Lipinski definition) is 6. The maximum absolute atomic E-state index is 12.9. The summed E-state index contributed by atoms with van der Waals surface area (Å²) in [5.41, 5.74) is 5.09. The van der Waals surface area contributed by atoms with Crippen LogP contribution in [0.1, 0.15) is 44.2 Å². The van der Waals surface area contributed by atoms with Gasteiger partial charge in [-0.3, -0.25) is 14.6 Å². The Hall–Kier alpha value is -3.65. The molecule has 186 valence electrons. The van der Waals surface area contributed by atoms with Crippen LogP contribution in [0.2, 0.25) is 0 Å². The van der Waals surface area contributed by atoms with E-state index >= 15 is 0 Å². The fraction of sp³-hybridized carbons (Fsp3) is 0.393. The Balaban J connectivity index is 1.33. The number of benzene rings is 1. The number of aromatic nitrogens is 3. The molecule has 2 N–H and O–H groups in total. The number of nitrogens with one attached hydrogen (secondary N) is 2. The molecule has 0 radical (unpaired) electrons. The number of hydrogen-bond donors (Lipinski definition) is 2. The van der Waals surface area contributed by atoms with Crippen LogP contribution in [0.15, 0.2) is 48.9 Å². The Labute approximate surface area is 210 Å². The first-order chi connectivity index (χ1) is 17.5. The molecule has 2 aliphatic carbocycles. The molecular formula is C28H31N5O3. The van der Waals surface area contributed by atoms with Crippen LogP contribution in [0, 0.1) is 18.8 Å². The van der Waals surface area contributed by atoms with Gasteiger partial charge in [0.1, 0.15) is 12.1 Å². The third-order valence-electron chi connectivity index (χ3n) is 7.07. The second-order valence-corrected chi connectivity index (χ2v) is 9.69. The smallest absolute Gasteiger partial charge is 0.228 e. The molecule has 0 aliphatic heterocycles. The number of methoxy groups -OCH3 is 1. The highest BCUT2D eigenvalue weighted by atomic mass is 16.5. The van der Waals surface area contributed by atoms with Gasteiger partial charge in [0.2, 0.25) is 11.8 Å². The summed E-state index contributed by atoms with van der Waals surface area (Å²) in [4.78, 5) is 38.1. The van der Waals surface area contributed by atoms with Crippen molar-refractivity contribution < 1.29 is 14.3 Å². The van der Waals surface area contributed by atoms with Gasteiger partial charge in [-0.1, -0.05) is 18.2 Å². The highest BCUT2D eigenvalue weighted by Crippen LogP contribution is 2.32. The molecule has 3 aromatic rings. The van der Waals surface area contributed by atoms with E-state index in [0.717, 1.165) is 66.6 Å². The molecule has 2 aliphatic rings. The van der Waals surface area contributed by atoms with Gasteiger partial charge in [-0.15, -0.1) is 0 Å². The van der Waals surface area contributed by atoms with E-state index in [9.17, 15) is 9.59 Å². The van der Waals surface area contributed by atoms with Crippen molar-refractivity contribution in [3.8, 4) is 22.4 Å². The molecule has 2 heterocycles. The Kier molecular flexibility index (Phi) is 7.04. The Morgan fingerprint density at radius 2 is 1.56 bits per heavy atom. The first-order valence-corrected chi connectivity index (χ1v) is 12.5. The van der Waals surface area contributed by atoms with Crippen molar-refractivity contribution in [1.29, 1.82) is 0 Å². The van der Waals surface area contributed by atoms with Crippen LogP contribution in [0.5, 0.6) is 0 Å². The van der Waals surface area contributed by atoms with E-state index in [1.54, 1.807) is 19.4 Å².